The van der Waals surface area contributed by atoms with Gasteiger partial charge in [0.15, 0.2) is 0 Å². The SMILES string of the molecule is CC(N)C(C)C(=O)Nc1ccccc1SCCC(N)=O. The summed E-state index contributed by atoms with van der Waals surface area (Å²) in [6.07, 6.45) is 0.309. The Morgan fingerprint density at radius 2 is 1.95 bits per heavy atom. The molecule has 0 radical (unpaired) electrons. The zero-order chi connectivity index (χ0) is 15.1. The summed E-state index contributed by atoms with van der Waals surface area (Å²) in [5.74, 6) is -0.114. The minimum atomic E-state index is -0.329. The van der Waals surface area contributed by atoms with Crippen molar-refractivity contribution < 1.29 is 9.59 Å². The van der Waals surface area contributed by atoms with Crippen LogP contribution in [0.4, 0.5) is 5.69 Å². The van der Waals surface area contributed by atoms with E-state index in [1.54, 1.807) is 13.8 Å². The van der Waals surface area contributed by atoms with Gasteiger partial charge in [0.25, 0.3) is 0 Å². The van der Waals surface area contributed by atoms with Gasteiger partial charge in [-0.1, -0.05) is 19.1 Å². The van der Waals surface area contributed by atoms with Crippen LogP contribution in [0.15, 0.2) is 29.2 Å². The van der Waals surface area contributed by atoms with Crippen molar-refractivity contribution >= 4 is 29.3 Å². The number of thioether (sulfide) groups is 1. The van der Waals surface area contributed by atoms with Gasteiger partial charge in [-0.05, 0) is 19.1 Å². The number of hydrogen-bond donors (Lipinski definition) is 3. The second-order valence-corrected chi connectivity index (χ2v) is 5.83. The minimum absolute atomic E-state index is 0.108. The smallest absolute Gasteiger partial charge is 0.228 e. The number of nitrogens with one attached hydrogen (secondary N) is 1. The van der Waals surface area contributed by atoms with Crippen LogP contribution >= 0.6 is 11.8 Å². The summed E-state index contributed by atoms with van der Waals surface area (Å²) < 4.78 is 0. The van der Waals surface area contributed by atoms with Crippen LogP contribution in [0.3, 0.4) is 0 Å². The highest BCUT2D eigenvalue weighted by Gasteiger charge is 2.18. The Bertz CT molecular complexity index is 477. The molecular formula is C14H21N3O2S. The average molecular weight is 295 g/mol. The summed E-state index contributed by atoms with van der Waals surface area (Å²) in [7, 11) is 0. The van der Waals surface area contributed by atoms with Crippen molar-refractivity contribution in [1.29, 1.82) is 0 Å². The maximum atomic E-state index is 12.0. The van der Waals surface area contributed by atoms with Gasteiger partial charge in [-0.3, -0.25) is 9.59 Å². The van der Waals surface area contributed by atoms with Gasteiger partial charge in [0, 0.05) is 23.1 Å². The number of carbonyl (C=O) groups excluding carboxylic acids is 2. The van der Waals surface area contributed by atoms with Crippen LogP contribution in [0.2, 0.25) is 0 Å². The molecule has 1 aromatic rings. The van der Waals surface area contributed by atoms with E-state index in [2.05, 4.69) is 5.32 Å². The fraction of sp³-hybridized carbons (Fsp3) is 0.429. The fourth-order valence-electron chi connectivity index (χ4n) is 1.44. The van der Waals surface area contributed by atoms with Crippen LogP contribution in [0, 0.1) is 5.92 Å². The molecule has 110 valence electrons. The molecule has 5 N–H and O–H groups in total. The first-order chi connectivity index (χ1) is 9.41. The van der Waals surface area contributed by atoms with Crippen molar-refractivity contribution in [3.63, 3.8) is 0 Å². The van der Waals surface area contributed by atoms with E-state index in [1.165, 1.54) is 11.8 Å². The number of para-hydroxylation sites is 1. The van der Waals surface area contributed by atoms with Gasteiger partial charge in [0.2, 0.25) is 11.8 Å². The highest BCUT2D eigenvalue weighted by molar-refractivity contribution is 7.99. The van der Waals surface area contributed by atoms with E-state index in [4.69, 9.17) is 11.5 Å². The molecule has 0 saturated carbocycles. The summed E-state index contributed by atoms with van der Waals surface area (Å²) in [4.78, 5) is 23.7. The molecule has 0 saturated heterocycles. The lowest BCUT2D eigenvalue weighted by molar-refractivity contribution is -0.120. The molecule has 2 amide bonds. The lowest BCUT2D eigenvalue weighted by Gasteiger charge is -2.17. The molecular weight excluding hydrogens is 274 g/mol. The zero-order valence-electron chi connectivity index (χ0n) is 11.8. The molecule has 0 aliphatic heterocycles. The molecule has 0 aliphatic carbocycles. The number of primary amides is 1. The fourth-order valence-corrected chi connectivity index (χ4v) is 2.42. The van der Waals surface area contributed by atoms with Crippen LogP contribution < -0.4 is 16.8 Å². The molecule has 1 rings (SSSR count). The van der Waals surface area contributed by atoms with Gasteiger partial charge in [0.1, 0.15) is 0 Å². The van der Waals surface area contributed by atoms with E-state index in [0.717, 1.165) is 10.6 Å². The van der Waals surface area contributed by atoms with Crippen LogP contribution in [0.25, 0.3) is 0 Å². The summed E-state index contributed by atoms with van der Waals surface area (Å²) in [5, 5.41) is 2.87. The highest BCUT2D eigenvalue weighted by Crippen LogP contribution is 2.27. The Kier molecular flexibility index (Phi) is 6.54. The van der Waals surface area contributed by atoms with E-state index in [0.29, 0.717) is 12.2 Å². The molecule has 20 heavy (non-hydrogen) atoms. The summed E-state index contributed by atoms with van der Waals surface area (Å²) in [5.41, 5.74) is 11.6. The number of nitrogens with two attached hydrogens (primary N) is 2. The normalized spacial score (nSPS) is 13.6. The lowest BCUT2D eigenvalue weighted by atomic mass is 10.0. The largest absolute Gasteiger partial charge is 0.370 e. The van der Waals surface area contributed by atoms with Crippen molar-refractivity contribution in [1.82, 2.24) is 0 Å². The van der Waals surface area contributed by atoms with Crippen molar-refractivity contribution in [2.24, 2.45) is 17.4 Å². The predicted octanol–water partition coefficient (Wildman–Crippen LogP) is 1.58. The van der Waals surface area contributed by atoms with Gasteiger partial charge in [0.05, 0.1) is 11.6 Å². The van der Waals surface area contributed by atoms with Crippen molar-refractivity contribution in [2.75, 3.05) is 11.1 Å². The first-order valence-electron chi connectivity index (χ1n) is 6.48. The molecule has 6 heteroatoms. The molecule has 0 bridgehead atoms. The van der Waals surface area contributed by atoms with Crippen molar-refractivity contribution in [3.05, 3.63) is 24.3 Å². The van der Waals surface area contributed by atoms with E-state index < -0.39 is 0 Å². The zero-order valence-corrected chi connectivity index (χ0v) is 12.6. The molecule has 0 heterocycles. The first-order valence-corrected chi connectivity index (χ1v) is 7.47. The minimum Gasteiger partial charge on any atom is -0.370 e. The van der Waals surface area contributed by atoms with Crippen LogP contribution in [-0.2, 0) is 9.59 Å². The summed E-state index contributed by atoms with van der Waals surface area (Å²) >= 11 is 1.49. The maximum Gasteiger partial charge on any atom is 0.228 e. The quantitative estimate of drug-likeness (QED) is 0.665. The van der Waals surface area contributed by atoms with Gasteiger partial charge >= 0.3 is 0 Å². The second kappa shape index (κ2) is 7.91. The first kappa shape index (κ1) is 16.5. The number of anilines is 1. The summed E-state index contributed by atoms with van der Waals surface area (Å²) in [6.45, 7) is 3.60. The molecule has 0 fully saturated rings. The third-order valence-electron chi connectivity index (χ3n) is 2.95. The maximum absolute atomic E-state index is 12.0. The van der Waals surface area contributed by atoms with Crippen molar-refractivity contribution in [3.8, 4) is 0 Å². The lowest BCUT2D eigenvalue weighted by Crippen LogP contribution is -2.34. The number of amides is 2. The Morgan fingerprint density at radius 3 is 2.55 bits per heavy atom. The van der Waals surface area contributed by atoms with Gasteiger partial charge in [-0.25, -0.2) is 0 Å². The number of hydrogen-bond acceptors (Lipinski definition) is 4. The van der Waals surface area contributed by atoms with E-state index in [1.807, 2.05) is 24.3 Å². The van der Waals surface area contributed by atoms with Gasteiger partial charge < -0.3 is 16.8 Å². The van der Waals surface area contributed by atoms with Gasteiger partial charge in [-0.2, -0.15) is 0 Å². The molecule has 0 aromatic heterocycles. The van der Waals surface area contributed by atoms with Crippen LogP contribution in [-0.4, -0.2) is 23.6 Å². The predicted molar refractivity (Wildman–Crippen MR) is 82.4 cm³/mol. The van der Waals surface area contributed by atoms with E-state index >= 15 is 0 Å². The molecule has 2 atom stereocenters. The molecule has 0 spiro atoms. The third-order valence-corrected chi connectivity index (χ3v) is 4.03. The summed E-state index contributed by atoms with van der Waals surface area (Å²) in [6, 6.07) is 7.27. The van der Waals surface area contributed by atoms with E-state index in [-0.39, 0.29) is 23.8 Å². The number of rotatable bonds is 7. The Morgan fingerprint density at radius 1 is 1.30 bits per heavy atom. The van der Waals surface area contributed by atoms with Crippen LogP contribution in [0.1, 0.15) is 20.3 Å². The topological polar surface area (TPSA) is 98.2 Å². The monoisotopic (exact) mass is 295 g/mol. The molecule has 5 nitrogen and oxygen atoms in total. The highest BCUT2D eigenvalue weighted by atomic mass is 32.2. The Hall–Kier alpha value is -1.53. The van der Waals surface area contributed by atoms with Crippen molar-refractivity contribution in [2.45, 2.75) is 31.2 Å². The van der Waals surface area contributed by atoms with Gasteiger partial charge in [-0.15, -0.1) is 11.8 Å². The third kappa shape index (κ3) is 5.22. The molecule has 2 unspecified atom stereocenters. The Balaban J connectivity index is 2.70. The number of carbonyl (C=O) groups is 2. The Labute approximate surface area is 123 Å². The molecule has 0 aliphatic rings. The van der Waals surface area contributed by atoms with Crippen LogP contribution in [0.5, 0.6) is 0 Å². The second-order valence-electron chi connectivity index (χ2n) is 4.70. The average Bonchev–Trinajstić information content (AvgIpc) is 2.39. The van der Waals surface area contributed by atoms with E-state index in [9.17, 15) is 9.59 Å². The standard InChI is InChI=1S/C14H21N3O2S/c1-9(10(2)15)14(19)17-11-5-3-4-6-12(11)20-8-7-13(16)18/h3-6,9-10H,7-8,15H2,1-2H3,(H2,16,18)(H,17,19). The number of benzene rings is 1. The molecule has 1 aromatic carbocycles.